The third-order valence-electron chi connectivity index (χ3n) is 1.14. The number of rotatable bonds is 3. The molecule has 0 aliphatic heterocycles. The highest BCUT2D eigenvalue weighted by Crippen LogP contribution is 2.06. The molecule has 0 aromatic heterocycles. The van der Waals surface area contributed by atoms with Crippen LogP contribution >= 0.6 is 0 Å². The summed E-state index contributed by atoms with van der Waals surface area (Å²) in [4.78, 5) is 3.57. The summed E-state index contributed by atoms with van der Waals surface area (Å²) in [5.41, 5.74) is 1.09. The fourth-order valence-electron chi connectivity index (χ4n) is 0.341. The molecule has 0 N–H and O–H groups in total. The summed E-state index contributed by atoms with van der Waals surface area (Å²) in [6.45, 7) is 11.3. The highest BCUT2D eigenvalue weighted by molar-refractivity contribution is 5.27. The van der Waals surface area contributed by atoms with Crippen LogP contribution in [0.4, 0.5) is 0 Å². The fourth-order valence-corrected chi connectivity index (χ4v) is 0.341. The molecule has 0 aromatic rings. The van der Waals surface area contributed by atoms with Gasteiger partial charge in [-0.25, -0.2) is 0 Å². The largest absolute Gasteiger partial charge is 0.273 e. The summed E-state index contributed by atoms with van der Waals surface area (Å²) in [7, 11) is 0. The third-order valence-corrected chi connectivity index (χ3v) is 1.14. The zero-order valence-corrected chi connectivity index (χ0v) is 6.09. The van der Waals surface area contributed by atoms with E-state index in [1.54, 1.807) is 6.20 Å². The molecule has 50 valence electrons. The van der Waals surface area contributed by atoms with Crippen molar-refractivity contribution in [2.24, 2.45) is 10.9 Å². The lowest BCUT2D eigenvalue weighted by molar-refractivity contribution is 0.795. The second kappa shape index (κ2) is 4.07. The van der Waals surface area contributed by atoms with Crippen LogP contribution in [0.25, 0.3) is 0 Å². The van der Waals surface area contributed by atoms with E-state index < -0.39 is 0 Å². The van der Waals surface area contributed by atoms with Crippen LogP contribution in [0.5, 0.6) is 0 Å². The van der Waals surface area contributed by atoms with Gasteiger partial charge in [-0.15, -0.1) is 0 Å². The minimum atomic E-state index is 0.503. The highest BCUT2D eigenvalue weighted by atomic mass is 14.6. The Balaban J connectivity index is 3.76. The van der Waals surface area contributed by atoms with E-state index in [0.717, 1.165) is 5.57 Å². The summed E-state index contributed by atoms with van der Waals surface area (Å²) >= 11 is 0. The average Bonchev–Trinajstić information content (AvgIpc) is 1.82. The quantitative estimate of drug-likeness (QED) is 0.403. The van der Waals surface area contributed by atoms with Crippen molar-refractivity contribution >= 4 is 6.72 Å². The Bertz CT molecular complexity index is 132. The predicted octanol–water partition coefficient (Wildman–Crippen LogP) is 2.41. The van der Waals surface area contributed by atoms with Gasteiger partial charge in [-0.05, 0) is 18.7 Å². The summed E-state index contributed by atoms with van der Waals surface area (Å²) < 4.78 is 0. The molecule has 0 radical (unpaired) electrons. The molecule has 0 aliphatic carbocycles. The number of allylic oxidation sites excluding steroid dienone is 2. The predicted molar refractivity (Wildman–Crippen MR) is 42.7 cm³/mol. The van der Waals surface area contributed by atoms with E-state index in [4.69, 9.17) is 0 Å². The van der Waals surface area contributed by atoms with Crippen molar-refractivity contribution in [2.45, 2.75) is 13.8 Å². The third kappa shape index (κ3) is 3.71. The first-order valence-corrected chi connectivity index (χ1v) is 2.99. The van der Waals surface area contributed by atoms with Gasteiger partial charge in [-0.2, -0.15) is 0 Å². The summed E-state index contributed by atoms with van der Waals surface area (Å²) in [6.07, 6.45) is 3.53. The molecule has 0 saturated heterocycles. The minimum Gasteiger partial charge on any atom is -0.273 e. The van der Waals surface area contributed by atoms with Crippen LogP contribution in [-0.2, 0) is 0 Å². The maximum atomic E-state index is 3.82. The summed E-state index contributed by atoms with van der Waals surface area (Å²) in [5, 5.41) is 0. The Morgan fingerprint density at radius 3 is 2.44 bits per heavy atom. The Hall–Kier alpha value is -0.850. The molecule has 0 saturated carbocycles. The summed E-state index contributed by atoms with van der Waals surface area (Å²) in [6, 6.07) is 0. The Kier molecular flexibility index (Phi) is 3.69. The molecule has 0 spiro atoms. The van der Waals surface area contributed by atoms with E-state index >= 15 is 0 Å². The second-order valence-electron chi connectivity index (χ2n) is 2.23. The zero-order chi connectivity index (χ0) is 7.28. The first-order chi connectivity index (χ1) is 4.18. The van der Waals surface area contributed by atoms with Gasteiger partial charge in [-0.1, -0.05) is 26.0 Å². The van der Waals surface area contributed by atoms with Crippen molar-refractivity contribution in [3.05, 3.63) is 24.4 Å². The molecule has 0 aliphatic rings. The van der Waals surface area contributed by atoms with E-state index in [0.29, 0.717) is 5.92 Å². The molecule has 9 heavy (non-hydrogen) atoms. The van der Waals surface area contributed by atoms with Gasteiger partial charge in [0.15, 0.2) is 0 Å². The monoisotopic (exact) mass is 123 g/mol. The Morgan fingerprint density at radius 2 is 2.11 bits per heavy atom. The number of hydrogen-bond acceptors (Lipinski definition) is 1. The van der Waals surface area contributed by atoms with Crippen molar-refractivity contribution in [2.75, 3.05) is 0 Å². The van der Waals surface area contributed by atoms with Crippen LogP contribution in [0.3, 0.4) is 0 Å². The first-order valence-electron chi connectivity index (χ1n) is 2.99. The molecule has 0 amide bonds. The van der Waals surface area contributed by atoms with Crippen LogP contribution in [0, 0.1) is 5.92 Å². The highest BCUT2D eigenvalue weighted by Gasteiger charge is 1.92. The molecule has 0 aromatic carbocycles. The first kappa shape index (κ1) is 8.15. The molecule has 0 fully saturated rings. The van der Waals surface area contributed by atoms with Crippen molar-refractivity contribution < 1.29 is 0 Å². The van der Waals surface area contributed by atoms with Crippen LogP contribution in [0.15, 0.2) is 29.4 Å². The lowest BCUT2D eigenvalue weighted by atomic mass is 10.1. The lowest BCUT2D eigenvalue weighted by Crippen LogP contribution is -1.86. The summed E-state index contributed by atoms with van der Waals surface area (Å²) in [5.74, 6) is 0.503. The molecule has 0 heterocycles. The van der Waals surface area contributed by atoms with Gasteiger partial charge < -0.3 is 0 Å². The van der Waals surface area contributed by atoms with Crippen LogP contribution in [-0.4, -0.2) is 6.72 Å². The van der Waals surface area contributed by atoms with Gasteiger partial charge in [-0.3, -0.25) is 4.99 Å². The fraction of sp³-hybridized carbons (Fsp3) is 0.375. The van der Waals surface area contributed by atoms with Crippen LogP contribution in [0.2, 0.25) is 0 Å². The minimum absolute atomic E-state index is 0.503. The Labute approximate surface area is 56.8 Å². The van der Waals surface area contributed by atoms with Crippen molar-refractivity contribution in [3.63, 3.8) is 0 Å². The van der Waals surface area contributed by atoms with Gasteiger partial charge in [0.25, 0.3) is 0 Å². The van der Waals surface area contributed by atoms with Crippen LogP contribution in [0.1, 0.15) is 13.8 Å². The number of aliphatic imine (C=N–C) groups is 1. The van der Waals surface area contributed by atoms with Gasteiger partial charge >= 0.3 is 0 Å². The maximum Gasteiger partial charge on any atom is 0.0263 e. The standard InChI is InChI=1S/C8H13N/c1-7(2)8(3)5-6-9-4/h5-7H,3-4H2,1-2H3/b6-5-. The molecule has 0 rings (SSSR count). The normalized spacial score (nSPS) is 10.6. The molecule has 0 unspecified atom stereocenters. The molecule has 0 bridgehead atoms. The van der Waals surface area contributed by atoms with Gasteiger partial charge in [0, 0.05) is 6.20 Å². The number of hydrogen-bond donors (Lipinski definition) is 0. The molecular weight excluding hydrogens is 110 g/mol. The smallest absolute Gasteiger partial charge is 0.0263 e. The van der Waals surface area contributed by atoms with Crippen molar-refractivity contribution in [1.82, 2.24) is 0 Å². The van der Waals surface area contributed by atoms with E-state index in [1.165, 1.54) is 0 Å². The maximum absolute atomic E-state index is 3.82. The van der Waals surface area contributed by atoms with Gasteiger partial charge in [0.2, 0.25) is 0 Å². The molecule has 1 nitrogen and oxygen atoms in total. The SMILES string of the molecule is C=N/C=C\C(=C)C(C)C. The average molecular weight is 123 g/mol. The van der Waals surface area contributed by atoms with E-state index in [-0.39, 0.29) is 0 Å². The zero-order valence-electron chi connectivity index (χ0n) is 6.09. The van der Waals surface area contributed by atoms with Gasteiger partial charge in [0.1, 0.15) is 0 Å². The Morgan fingerprint density at radius 1 is 1.56 bits per heavy atom. The lowest BCUT2D eigenvalue weighted by Gasteiger charge is -2.00. The molecule has 1 heteroatoms. The molecular formula is C8H13N. The van der Waals surface area contributed by atoms with Crippen LogP contribution < -0.4 is 0 Å². The van der Waals surface area contributed by atoms with Crippen molar-refractivity contribution in [3.8, 4) is 0 Å². The van der Waals surface area contributed by atoms with E-state index in [1.807, 2.05) is 6.08 Å². The van der Waals surface area contributed by atoms with E-state index in [9.17, 15) is 0 Å². The van der Waals surface area contributed by atoms with E-state index in [2.05, 4.69) is 32.1 Å². The number of nitrogens with zero attached hydrogens (tertiary/aromatic N) is 1. The topological polar surface area (TPSA) is 12.4 Å². The van der Waals surface area contributed by atoms with Gasteiger partial charge in [0.05, 0.1) is 0 Å². The van der Waals surface area contributed by atoms with Crippen molar-refractivity contribution in [1.29, 1.82) is 0 Å². The molecule has 0 atom stereocenters. The second-order valence-corrected chi connectivity index (χ2v) is 2.23.